The fourth-order valence-corrected chi connectivity index (χ4v) is 8.12. The SMILES string of the molecule is CC(C)C(C)(CC(C)(C)C)C(=O)OC1CC2CC1C1CCCC21.CC(C)C(CC(C)(C)C)c1ccccc1. The predicted molar refractivity (Wildman–Crippen MR) is 162 cm³/mol. The number of esters is 1. The third-order valence-electron chi connectivity index (χ3n) is 10.1. The molecule has 0 heterocycles. The highest BCUT2D eigenvalue weighted by Crippen LogP contribution is 2.59. The number of benzene rings is 1. The zero-order valence-corrected chi connectivity index (χ0v) is 26.8. The van der Waals surface area contributed by atoms with E-state index < -0.39 is 0 Å². The van der Waals surface area contributed by atoms with Crippen molar-refractivity contribution < 1.29 is 9.53 Å². The van der Waals surface area contributed by atoms with E-state index in [1.165, 1.54) is 37.7 Å². The van der Waals surface area contributed by atoms with Gasteiger partial charge in [0.1, 0.15) is 6.10 Å². The Labute approximate surface area is 236 Å². The zero-order valence-electron chi connectivity index (χ0n) is 26.8. The Morgan fingerprint density at radius 1 is 0.842 bits per heavy atom. The monoisotopic (exact) mass is 524 g/mol. The number of carbonyl (C=O) groups is 1. The molecule has 4 rings (SSSR count). The van der Waals surface area contributed by atoms with E-state index in [0.29, 0.717) is 29.1 Å². The third-order valence-corrected chi connectivity index (χ3v) is 10.1. The van der Waals surface area contributed by atoms with Crippen molar-refractivity contribution in [1.29, 1.82) is 0 Å². The second-order valence-corrected chi connectivity index (χ2v) is 16.4. The minimum Gasteiger partial charge on any atom is -0.462 e. The first kappa shape index (κ1) is 31.2. The average molecular weight is 525 g/mol. The van der Waals surface area contributed by atoms with E-state index in [4.69, 9.17) is 4.74 Å². The van der Waals surface area contributed by atoms with Crippen molar-refractivity contribution in [3.8, 4) is 0 Å². The molecule has 0 amide bonds. The maximum atomic E-state index is 13.1. The van der Waals surface area contributed by atoms with Gasteiger partial charge in [0.05, 0.1) is 5.41 Å². The summed E-state index contributed by atoms with van der Waals surface area (Å²) in [5.41, 5.74) is 1.67. The van der Waals surface area contributed by atoms with Gasteiger partial charge >= 0.3 is 5.97 Å². The van der Waals surface area contributed by atoms with Crippen molar-refractivity contribution in [3.63, 3.8) is 0 Å². The van der Waals surface area contributed by atoms with Crippen LogP contribution in [0.3, 0.4) is 0 Å². The van der Waals surface area contributed by atoms with E-state index >= 15 is 0 Å². The molecule has 3 aliphatic rings. The highest BCUT2D eigenvalue weighted by atomic mass is 16.5. The van der Waals surface area contributed by atoms with Crippen molar-refractivity contribution in [2.24, 2.45) is 51.8 Å². The highest BCUT2D eigenvalue weighted by Gasteiger charge is 2.56. The number of ether oxygens (including phenoxy) is 1. The van der Waals surface area contributed by atoms with Crippen LogP contribution in [0, 0.1) is 51.8 Å². The normalized spacial score (nSPS) is 29.0. The molecule has 1 aromatic rings. The van der Waals surface area contributed by atoms with Crippen LogP contribution >= 0.6 is 0 Å². The first-order valence-electron chi connectivity index (χ1n) is 15.8. The Morgan fingerprint density at radius 3 is 1.97 bits per heavy atom. The smallest absolute Gasteiger partial charge is 0.312 e. The molecule has 0 spiro atoms. The van der Waals surface area contributed by atoms with Gasteiger partial charge in [-0.1, -0.05) is 106 Å². The van der Waals surface area contributed by atoms with E-state index in [-0.39, 0.29) is 22.9 Å². The van der Waals surface area contributed by atoms with Crippen LogP contribution in [0.5, 0.6) is 0 Å². The van der Waals surface area contributed by atoms with Gasteiger partial charge in [0.15, 0.2) is 0 Å². The van der Waals surface area contributed by atoms with Crippen molar-refractivity contribution in [2.75, 3.05) is 0 Å². The van der Waals surface area contributed by atoms with Crippen molar-refractivity contribution in [1.82, 2.24) is 0 Å². The fourth-order valence-electron chi connectivity index (χ4n) is 8.12. The Morgan fingerprint density at radius 2 is 1.45 bits per heavy atom. The van der Waals surface area contributed by atoms with Crippen LogP contribution in [0.1, 0.15) is 133 Å². The van der Waals surface area contributed by atoms with Crippen LogP contribution < -0.4 is 0 Å². The molecule has 0 aromatic heterocycles. The number of rotatable bonds is 7. The lowest BCUT2D eigenvalue weighted by atomic mass is 9.68. The molecular formula is C36H60O2. The molecule has 1 aromatic carbocycles. The van der Waals surface area contributed by atoms with Crippen LogP contribution in [0.2, 0.25) is 0 Å². The molecule has 0 N–H and O–H groups in total. The number of hydrogen-bond acceptors (Lipinski definition) is 2. The van der Waals surface area contributed by atoms with Gasteiger partial charge in [0.25, 0.3) is 0 Å². The van der Waals surface area contributed by atoms with E-state index in [1.54, 1.807) is 0 Å². The lowest BCUT2D eigenvalue weighted by molar-refractivity contribution is -0.169. The Bertz CT molecular complexity index is 886. The van der Waals surface area contributed by atoms with Gasteiger partial charge < -0.3 is 4.74 Å². The Balaban J connectivity index is 0.000000232. The maximum Gasteiger partial charge on any atom is 0.312 e. The van der Waals surface area contributed by atoms with Crippen LogP contribution in [0.4, 0.5) is 0 Å². The second-order valence-electron chi connectivity index (χ2n) is 16.4. The summed E-state index contributed by atoms with van der Waals surface area (Å²) in [6, 6.07) is 10.9. The summed E-state index contributed by atoms with van der Waals surface area (Å²) in [6.45, 7) is 24.7. The summed E-state index contributed by atoms with van der Waals surface area (Å²) < 4.78 is 6.19. The minimum atomic E-state index is -0.366. The summed E-state index contributed by atoms with van der Waals surface area (Å²) in [5.74, 6) is 5.11. The summed E-state index contributed by atoms with van der Waals surface area (Å²) in [7, 11) is 0. The molecule has 3 aliphatic carbocycles. The largest absolute Gasteiger partial charge is 0.462 e. The summed E-state index contributed by atoms with van der Waals surface area (Å²) in [5, 5.41) is 0. The molecule has 3 fully saturated rings. The van der Waals surface area contributed by atoms with Crippen LogP contribution in [-0.2, 0) is 9.53 Å². The lowest BCUT2D eigenvalue weighted by Gasteiger charge is -2.39. The molecule has 2 bridgehead atoms. The van der Waals surface area contributed by atoms with Crippen molar-refractivity contribution in [3.05, 3.63) is 35.9 Å². The first-order chi connectivity index (χ1) is 17.5. The number of fused-ring (bicyclic) bond motifs is 5. The van der Waals surface area contributed by atoms with Crippen molar-refractivity contribution >= 4 is 5.97 Å². The molecule has 216 valence electrons. The van der Waals surface area contributed by atoms with Crippen LogP contribution in [-0.4, -0.2) is 12.1 Å². The van der Waals surface area contributed by atoms with E-state index in [2.05, 4.69) is 106 Å². The fraction of sp³-hybridized carbons (Fsp3) is 0.806. The number of carbonyl (C=O) groups excluding carboxylic acids is 1. The Hall–Kier alpha value is -1.31. The predicted octanol–water partition coefficient (Wildman–Crippen LogP) is 10.3. The van der Waals surface area contributed by atoms with E-state index in [9.17, 15) is 4.79 Å². The molecule has 0 aliphatic heterocycles. The van der Waals surface area contributed by atoms with Gasteiger partial charge in [-0.15, -0.1) is 0 Å². The van der Waals surface area contributed by atoms with Gasteiger partial charge in [-0.05, 0) is 103 Å². The molecule has 2 heteroatoms. The van der Waals surface area contributed by atoms with Gasteiger partial charge in [0.2, 0.25) is 0 Å². The maximum absolute atomic E-state index is 13.1. The average Bonchev–Trinajstić information content (AvgIpc) is 3.50. The first-order valence-corrected chi connectivity index (χ1v) is 15.8. The molecule has 38 heavy (non-hydrogen) atoms. The highest BCUT2D eigenvalue weighted by molar-refractivity contribution is 5.77. The second kappa shape index (κ2) is 12.1. The van der Waals surface area contributed by atoms with Gasteiger partial charge in [0, 0.05) is 0 Å². The summed E-state index contributed by atoms with van der Waals surface area (Å²) in [6.07, 6.45) is 9.04. The third kappa shape index (κ3) is 7.66. The Kier molecular flexibility index (Phi) is 9.90. The van der Waals surface area contributed by atoms with E-state index in [1.807, 2.05) is 0 Å². The van der Waals surface area contributed by atoms with Gasteiger partial charge in [-0.25, -0.2) is 0 Å². The summed E-state index contributed by atoms with van der Waals surface area (Å²) in [4.78, 5) is 13.1. The zero-order chi connectivity index (χ0) is 28.5. The standard InChI is InChI=1S/C21H36O2.C15H24/c1-13(2)21(6,12-20(3,4)5)19(22)23-18-11-14-10-17(18)16-9-7-8-15(14)16;1-12(2)14(11-15(3,4)5)13-9-7-6-8-10-13/h13-18H,7-12H2,1-6H3;6-10,12,14H,11H2,1-5H3. The topological polar surface area (TPSA) is 26.3 Å². The molecule has 7 atom stereocenters. The molecule has 3 saturated carbocycles. The summed E-state index contributed by atoms with van der Waals surface area (Å²) >= 11 is 0. The van der Waals surface area contributed by atoms with E-state index in [0.717, 1.165) is 30.6 Å². The minimum absolute atomic E-state index is 0.0644. The van der Waals surface area contributed by atoms with Crippen LogP contribution in [0.15, 0.2) is 30.3 Å². The lowest BCUT2D eigenvalue weighted by Crippen LogP contribution is -2.42. The molecular weight excluding hydrogens is 464 g/mol. The quantitative estimate of drug-likeness (QED) is 0.332. The molecule has 0 radical (unpaired) electrons. The van der Waals surface area contributed by atoms with Crippen LogP contribution in [0.25, 0.3) is 0 Å². The molecule has 7 unspecified atom stereocenters. The van der Waals surface area contributed by atoms with Crippen molar-refractivity contribution in [2.45, 2.75) is 133 Å². The molecule has 2 nitrogen and oxygen atoms in total. The number of hydrogen-bond donors (Lipinski definition) is 0. The van der Waals surface area contributed by atoms with Gasteiger partial charge in [-0.2, -0.15) is 0 Å². The van der Waals surface area contributed by atoms with Gasteiger partial charge in [-0.3, -0.25) is 4.79 Å². The molecule has 0 saturated heterocycles.